The number of carbonyl (C=O) groups is 1. The number of rotatable bonds is 7. The molecule has 1 aliphatic heterocycles. The van der Waals surface area contributed by atoms with E-state index >= 15 is 0 Å². The van der Waals surface area contributed by atoms with Crippen molar-refractivity contribution < 1.29 is 31.3 Å². The maximum atomic E-state index is 14.0. The monoisotopic (exact) mass is 543 g/mol. The number of hydrogen-bond donors (Lipinski definition) is 1. The Morgan fingerprint density at radius 2 is 1.89 bits per heavy atom. The van der Waals surface area contributed by atoms with Crippen molar-refractivity contribution in [3.05, 3.63) is 34.3 Å². The van der Waals surface area contributed by atoms with E-state index in [-0.39, 0.29) is 48.9 Å². The van der Waals surface area contributed by atoms with Crippen molar-refractivity contribution in [1.82, 2.24) is 14.5 Å². The lowest BCUT2D eigenvalue weighted by Gasteiger charge is -2.52. The van der Waals surface area contributed by atoms with E-state index in [0.717, 1.165) is 18.6 Å². The number of nitrogens with zero attached hydrogens (tertiary/aromatic N) is 2. The first kappa shape index (κ1) is 28.4. The predicted molar refractivity (Wildman–Crippen MR) is 126 cm³/mol. The van der Waals surface area contributed by atoms with Gasteiger partial charge in [-0.25, -0.2) is 8.78 Å². The number of alkyl halides is 5. The number of amides is 1. The van der Waals surface area contributed by atoms with Gasteiger partial charge in [-0.3, -0.25) is 9.69 Å². The third-order valence-electron chi connectivity index (χ3n) is 6.91. The number of halogens is 6. The van der Waals surface area contributed by atoms with E-state index in [1.807, 2.05) is 18.2 Å². The summed E-state index contributed by atoms with van der Waals surface area (Å²) in [4.78, 5) is 14.9. The molecule has 35 heavy (non-hydrogen) atoms. The highest BCUT2D eigenvalue weighted by Crippen LogP contribution is 2.42. The van der Waals surface area contributed by atoms with Crippen LogP contribution in [0.4, 0.5) is 22.0 Å². The SMILES string of the molecule is CCC[S+]([O-])N1CCN(C2(CNC(=O)c3ccc(C(F)(F)F)cc3Cl)CCC(F)(F)CC2)CC1C. The molecule has 1 aromatic rings. The van der Waals surface area contributed by atoms with Gasteiger partial charge in [0.05, 0.1) is 28.7 Å². The Balaban J connectivity index is 1.74. The zero-order valence-electron chi connectivity index (χ0n) is 19.8. The quantitative estimate of drug-likeness (QED) is 0.383. The van der Waals surface area contributed by atoms with Crippen LogP contribution in [0.25, 0.3) is 0 Å². The van der Waals surface area contributed by atoms with Crippen molar-refractivity contribution in [2.24, 2.45) is 0 Å². The molecule has 2 unspecified atom stereocenters. The minimum absolute atomic E-state index is 0.0596. The van der Waals surface area contributed by atoms with Crippen LogP contribution < -0.4 is 5.32 Å². The highest BCUT2D eigenvalue weighted by molar-refractivity contribution is 7.89. The molecule has 2 fully saturated rings. The fourth-order valence-corrected chi connectivity index (χ4v) is 6.47. The topological polar surface area (TPSA) is 58.6 Å². The maximum Gasteiger partial charge on any atom is 0.416 e. The fourth-order valence-electron chi connectivity index (χ4n) is 4.87. The summed E-state index contributed by atoms with van der Waals surface area (Å²) in [6, 6.07) is 2.45. The molecule has 1 N–H and O–H groups in total. The van der Waals surface area contributed by atoms with Crippen LogP contribution in [0, 0.1) is 0 Å². The van der Waals surface area contributed by atoms with Crippen LogP contribution in [0.3, 0.4) is 0 Å². The van der Waals surface area contributed by atoms with E-state index < -0.39 is 40.5 Å². The molecule has 0 radical (unpaired) electrons. The van der Waals surface area contributed by atoms with E-state index in [0.29, 0.717) is 31.5 Å². The van der Waals surface area contributed by atoms with Crippen molar-refractivity contribution >= 4 is 28.9 Å². The molecule has 0 aromatic heterocycles. The number of carbonyl (C=O) groups excluding carboxylic acids is 1. The molecular formula is C23H31ClF5N3O2S. The standard InChI is InChI=1S/C23H31ClF5N3O2S/c1-3-12-35(34)32-11-10-31(14-16(32)2)21(6-8-22(25,26)9-7-21)15-30-20(33)18-5-4-17(13-19(18)24)23(27,28)29/h4-5,13,16H,3,6-12,14-15H2,1-2H3,(H,30,33). The Kier molecular flexibility index (Phi) is 9.00. The van der Waals surface area contributed by atoms with E-state index in [1.54, 1.807) is 0 Å². The van der Waals surface area contributed by atoms with Gasteiger partial charge >= 0.3 is 6.18 Å². The summed E-state index contributed by atoms with van der Waals surface area (Å²) in [5, 5.41) is 2.41. The Morgan fingerprint density at radius 3 is 2.43 bits per heavy atom. The minimum atomic E-state index is -4.59. The number of benzene rings is 1. The minimum Gasteiger partial charge on any atom is -0.598 e. The van der Waals surface area contributed by atoms with Crippen molar-refractivity contribution in [1.29, 1.82) is 0 Å². The van der Waals surface area contributed by atoms with Crippen molar-refractivity contribution in [2.75, 3.05) is 31.9 Å². The molecule has 1 heterocycles. The van der Waals surface area contributed by atoms with Crippen LogP contribution in [0.15, 0.2) is 18.2 Å². The average molecular weight is 544 g/mol. The second kappa shape index (κ2) is 11.1. The van der Waals surface area contributed by atoms with E-state index in [2.05, 4.69) is 10.2 Å². The second-order valence-corrected chi connectivity index (χ2v) is 11.3. The summed E-state index contributed by atoms with van der Waals surface area (Å²) >= 11 is 4.85. The summed E-state index contributed by atoms with van der Waals surface area (Å²) in [6.45, 7) is 5.52. The predicted octanol–water partition coefficient (Wildman–Crippen LogP) is 5.12. The van der Waals surface area contributed by atoms with Crippen LogP contribution >= 0.6 is 11.6 Å². The highest BCUT2D eigenvalue weighted by atomic mass is 35.5. The van der Waals surface area contributed by atoms with Crippen LogP contribution in [0.2, 0.25) is 5.02 Å². The first-order valence-electron chi connectivity index (χ1n) is 11.7. The van der Waals surface area contributed by atoms with Crippen LogP contribution in [-0.2, 0) is 17.5 Å². The molecule has 12 heteroatoms. The zero-order chi connectivity index (χ0) is 26.0. The zero-order valence-corrected chi connectivity index (χ0v) is 21.3. The molecule has 1 aliphatic carbocycles. The molecule has 2 aliphatic rings. The van der Waals surface area contributed by atoms with Gasteiger partial charge in [0.1, 0.15) is 5.75 Å². The summed E-state index contributed by atoms with van der Waals surface area (Å²) in [6.07, 6.45) is -4.12. The smallest absolute Gasteiger partial charge is 0.416 e. The lowest BCUT2D eigenvalue weighted by Crippen LogP contribution is -2.65. The molecule has 0 spiro atoms. The van der Waals surface area contributed by atoms with Gasteiger partial charge in [0, 0.05) is 49.4 Å². The van der Waals surface area contributed by atoms with Gasteiger partial charge in [0.25, 0.3) is 5.91 Å². The first-order chi connectivity index (χ1) is 16.3. The van der Waals surface area contributed by atoms with Crippen molar-refractivity contribution in [3.63, 3.8) is 0 Å². The van der Waals surface area contributed by atoms with E-state index in [1.165, 1.54) is 0 Å². The molecule has 1 aromatic carbocycles. The number of piperazine rings is 1. The van der Waals surface area contributed by atoms with Crippen LogP contribution in [0.1, 0.15) is 61.9 Å². The molecule has 1 amide bonds. The fraction of sp³-hybridized carbons (Fsp3) is 0.696. The molecule has 0 bridgehead atoms. The average Bonchev–Trinajstić information content (AvgIpc) is 2.78. The maximum absolute atomic E-state index is 14.0. The summed E-state index contributed by atoms with van der Waals surface area (Å²) in [5.41, 5.74) is -1.80. The van der Waals surface area contributed by atoms with Gasteiger partial charge in [-0.2, -0.15) is 13.2 Å². The van der Waals surface area contributed by atoms with Gasteiger partial charge in [-0.15, -0.1) is 4.31 Å². The first-order valence-corrected chi connectivity index (χ1v) is 13.4. The molecule has 3 rings (SSSR count). The Hall–Kier alpha value is -1.14. The molecule has 2 atom stereocenters. The lowest BCUT2D eigenvalue weighted by molar-refractivity contribution is -0.137. The van der Waals surface area contributed by atoms with Gasteiger partial charge in [0.15, 0.2) is 0 Å². The normalized spacial score (nSPS) is 24.2. The Labute approximate surface area is 210 Å². The lowest BCUT2D eigenvalue weighted by atomic mass is 9.77. The third kappa shape index (κ3) is 6.80. The van der Waals surface area contributed by atoms with Crippen LogP contribution in [-0.4, -0.2) is 69.1 Å². The van der Waals surface area contributed by atoms with E-state index in [4.69, 9.17) is 11.6 Å². The number of nitrogens with one attached hydrogen (secondary N) is 1. The van der Waals surface area contributed by atoms with Gasteiger partial charge in [0.2, 0.25) is 5.92 Å². The molecule has 1 saturated carbocycles. The van der Waals surface area contributed by atoms with Gasteiger partial charge in [-0.05, 0) is 44.4 Å². The highest BCUT2D eigenvalue weighted by Gasteiger charge is 2.49. The second-order valence-electron chi connectivity index (χ2n) is 9.42. The van der Waals surface area contributed by atoms with Crippen molar-refractivity contribution in [2.45, 2.75) is 69.6 Å². The van der Waals surface area contributed by atoms with Gasteiger partial charge in [-0.1, -0.05) is 18.5 Å². The van der Waals surface area contributed by atoms with Crippen LogP contribution in [0.5, 0.6) is 0 Å². The number of hydrogen-bond acceptors (Lipinski definition) is 4. The van der Waals surface area contributed by atoms with Crippen molar-refractivity contribution in [3.8, 4) is 0 Å². The Morgan fingerprint density at radius 1 is 1.23 bits per heavy atom. The summed E-state index contributed by atoms with van der Waals surface area (Å²) < 4.78 is 81.3. The summed E-state index contributed by atoms with van der Waals surface area (Å²) in [7, 11) is 0. The molecular weight excluding hydrogens is 513 g/mol. The van der Waals surface area contributed by atoms with Gasteiger partial charge < -0.3 is 9.87 Å². The largest absolute Gasteiger partial charge is 0.598 e. The van der Waals surface area contributed by atoms with E-state index in [9.17, 15) is 31.3 Å². The Bertz CT molecular complexity index is 894. The molecule has 198 valence electrons. The third-order valence-corrected chi connectivity index (χ3v) is 9.04. The summed E-state index contributed by atoms with van der Waals surface area (Å²) in [5.74, 6) is -2.87. The molecule has 5 nitrogen and oxygen atoms in total. The molecule has 1 saturated heterocycles.